The Hall–Kier alpha value is -1.07. The van der Waals surface area contributed by atoms with Gasteiger partial charge in [-0.25, -0.2) is 4.98 Å². The fourth-order valence-electron chi connectivity index (χ4n) is 1.47. The van der Waals surface area contributed by atoms with Crippen LogP contribution in [0.2, 0.25) is 0 Å². The smallest absolute Gasteiger partial charge is 0.195 e. The third-order valence-corrected chi connectivity index (χ3v) is 3.13. The van der Waals surface area contributed by atoms with E-state index in [1.807, 2.05) is 18.6 Å². The lowest BCUT2D eigenvalue weighted by Gasteiger charge is -2.14. The van der Waals surface area contributed by atoms with E-state index in [1.54, 1.807) is 11.3 Å². The number of hydrogen-bond acceptors (Lipinski definition) is 4. The van der Waals surface area contributed by atoms with E-state index in [0.717, 1.165) is 23.0 Å². The molecular formula is C9H14N4S. The molecule has 0 saturated carbocycles. The van der Waals surface area contributed by atoms with Crippen molar-refractivity contribution in [2.45, 2.75) is 13.5 Å². The van der Waals surface area contributed by atoms with Gasteiger partial charge in [-0.3, -0.25) is 4.40 Å². The topological polar surface area (TPSA) is 46.6 Å². The second-order valence-electron chi connectivity index (χ2n) is 3.16. The van der Waals surface area contributed by atoms with Crippen molar-refractivity contribution in [3.63, 3.8) is 0 Å². The van der Waals surface area contributed by atoms with E-state index in [2.05, 4.69) is 21.2 Å². The number of nitrogens with two attached hydrogens (primary N) is 1. The van der Waals surface area contributed by atoms with Crippen molar-refractivity contribution < 1.29 is 0 Å². The second kappa shape index (κ2) is 3.59. The number of hydrogen-bond donors (Lipinski definition) is 1. The number of imidazole rings is 1. The Labute approximate surface area is 87.0 Å². The summed E-state index contributed by atoms with van der Waals surface area (Å²) in [5.41, 5.74) is 6.82. The maximum absolute atomic E-state index is 5.73. The van der Waals surface area contributed by atoms with Crippen molar-refractivity contribution in [1.29, 1.82) is 0 Å². The van der Waals surface area contributed by atoms with Crippen molar-refractivity contribution in [1.82, 2.24) is 9.38 Å². The Morgan fingerprint density at radius 3 is 3.07 bits per heavy atom. The first-order valence-electron chi connectivity index (χ1n) is 4.63. The minimum absolute atomic E-state index is 0.525. The largest absolute Gasteiger partial charge is 0.358 e. The Kier molecular flexibility index (Phi) is 2.43. The predicted molar refractivity (Wildman–Crippen MR) is 59.9 cm³/mol. The highest BCUT2D eigenvalue weighted by Crippen LogP contribution is 2.23. The van der Waals surface area contributed by atoms with Gasteiger partial charge in [0, 0.05) is 31.7 Å². The van der Waals surface area contributed by atoms with Crippen molar-refractivity contribution >= 4 is 22.1 Å². The molecule has 2 rings (SSSR count). The minimum Gasteiger partial charge on any atom is -0.358 e. The number of fused-ring (bicyclic) bond motifs is 1. The fraction of sp³-hybridized carbons (Fsp3) is 0.444. The van der Waals surface area contributed by atoms with Crippen LogP contribution in [-0.4, -0.2) is 23.0 Å². The fourth-order valence-corrected chi connectivity index (χ4v) is 2.19. The van der Waals surface area contributed by atoms with Crippen LogP contribution in [0.5, 0.6) is 0 Å². The number of nitrogens with zero attached hydrogens (tertiary/aromatic N) is 3. The van der Waals surface area contributed by atoms with Crippen LogP contribution in [0, 0.1) is 0 Å². The van der Waals surface area contributed by atoms with Gasteiger partial charge in [-0.2, -0.15) is 0 Å². The highest BCUT2D eigenvalue weighted by atomic mass is 32.1. The summed E-state index contributed by atoms with van der Waals surface area (Å²) in [6.07, 6.45) is 2.02. The van der Waals surface area contributed by atoms with Gasteiger partial charge in [0.05, 0.1) is 5.69 Å². The van der Waals surface area contributed by atoms with E-state index < -0.39 is 0 Å². The number of aromatic nitrogens is 2. The van der Waals surface area contributed by atoms with Crippen LogP contribution in [0.1, 0.15) is 12.6 Å². The first kappa shape index (κ1) is 9.48. The van der Waals surface area contributed by atoms with Gasteiger partial charge in [0.1, 0.15) is 0 Å². The van der Waals surface area contributed by atoms with Gasteiger partial charge in [0.15, 0.2) is 10.8 Å². The van der Waals surface area contributed by atoms with Crippen LogP contribution in [0.4, 0.5) is 5.82 Å². The zero-order valence-corrected chi connectivity index (χ0v) is 9.21. The quantitative estimate of drug-likeness (QED) is 0.831. The molecule has 0 atom stereocenters. The van der Waals surface area contributed by atoms with Crippen molar-refractivity contribution in [3.8, 4) is 0 Å². The zero-order valence-electron chi connectivity index (χ0n) is 8.40. The third-order valence-electron chi connectivity index (χ3n) is 2.37. The normalized spacial score (nSPS) is 11.1. The maximum atomic E-state index is 5.73. The van der Waals surface area contributed by atoms with Crippen LogP contribution in [0.3, 0.4) is 0 Å². The lowest BCUT2D eigenvalue weighted by molar-refractivity contribution is 0.901. The predicted octanol–water partition coefficient (Wildman–Crippen LogP) is 1.31. The maximum Gasteiger partial charge on any atom is 0.195 e. The monoisotopic (exact) mass is 210 g/mol. The third kappa shape index (κ3) is 1.29. The highest BCUT2D eigenvalue weighted by Gasteiger charge is 2.13. The van der Waals surface area contributed by atoms with E-state index in [1.165, 1.54) is 0 Å². The van der Waals surface area contributed by atoms with E-state index in [-0.39, 0.29) is 0 Å². The molecule has 0 bridgehead atoms. The van der Waals surface area contributed by atoms with Gasteiger partial charge < -0.3 is 10.6 Å². The van der Waals surface area contributed by atoms with Crippen LogP contribution in [-0.2, 0) is 6.54 Å². The van der Waals surface area contributed by atoms with Gasteiger partial charge in [-0.15, -0.1) is 11.3 Å². The number of anilines is 1. The summed E-state index contributed by atoms with van der Waals surface area (Å²) in [5, 5.41) is 2.03. The summed E-state index contributed by atoms with van der Waals surface area (Å²) in [5.74, 6) is 1.00. The first-order chi connectivity index (χ1) is 6.77. The molecule has 0 spiro atoms. The molecule has 0 radical (unpaired) electrons. The molecule has 0 unspecified atom stereocenters. The lowest BCUT2D eigenvalue weighted by Crippen LogP contribution is -2.19. The minimum atomic E-state index is 0.525. The van der Waals surface area contributed by atoms with Crippen LogP contribution in [0.15, 0.2) is 11.6 Å². The molecule has 2 aromatic rings. The SMILES string of the molecule is CCN(C)c1nc2sccn2c1CN. The molecule has 0 aliphatic rings. The highest BCUT2D eigenvalue weighted by molar-refractivity contribution is 7.15. The molecule has 0 fully saturated rings. The average Bonchev–Trinajstić information content (AvgIpc) is 2.74. The van der Waals surface area contributed by atoms with Gasteiger partial charge in [0.25, 0.3) is 0 Å². The molecule has 0 aliphatic carbocycles. The second-order valence-corrected chi connectivity index (χ2v) is 4.03. The summed E-state index contributed by atoms with van der Waals surface area (Å²) in [6, 6.07) is 0. The summed E-state index contributed by atoms with van der Waals surface area (Å²) in [6.45, 7) is 3.57. The number of thiazole rings is 1. The van der Waals surface area contributed by atoms with Gasteiger partial charge >= 0.3 is 0 Å². The first-order valence-corrected chi connectivity index (χ1v) is 5.51. The van der Waals surface area contributed by atoms with Crippen LogP contribution < -0.4 is 10.6 Å². The molecule has 2 heterocycles. The molecule has 0 aliphatic heterocycles. The zero-order chi connectivity index (χ0) is 10.1. The molecular weight excluding hydrogens is 196 g/mol. The molecule has 4 nitrogen and oxygen atoms in total. The molecule has 76 valence electrons. The average molecular weight is 210 g/mol. The molecule has 2 aromatic heterocycles. The Bertz CT molecular complexity index is 431. The molecule has 0 amide bonds. The van der Waals surface area contributed by atoms with Crippen molar-refractivity contribution in [3.05, 3.63) is 17.3 Å². The molecule has 14 heavy (non-hydrogen) atoms. The summed E-state index contributed by atoms with van der Waals surface area (Å²) in [7, 11) is 2.03. The van der Waals surface area contributed by atoms with E-state index >= 15 is 0 Å². The van der Waals surface area contributed by atoms with Crippen LogP contribution >= 0.6 is 11.3 Å². The Balaban J connectivity index is 2.58. The van der Waals surface area contributed by atoms with E-state index in [4.69, 9.17) is 5.73 Å². The standard InChI is InChI=1S/C9H14N4S/c1-3-12(2)8-7(6-10)13-4-5-14-9(13)11-8/h4-5H,3,6,10H2,1-2H3. The van der Waals surface area contributed by atoms with Crippen LogP contribution in [0.25, 0.3) is 4.96 Å². The summed E-state index contributed by atoms with van der Waals surface area (Å²) in [4.78, 5) is 7.67. The summed E-state index contributed by atoms with van der Waals surface area (Å²) >= 11 is 1.64. The Morgan fingerprint density at radius 2 is 2.43 bits per heavy atom. The molecule has 2 N–H and O–H groups in total. The van der Waals surface area contributed by atoms with Crippen molar-refractivity contribution in [2.75, 3.05) is 18.5 Å². The van der Waals surface area contributed by atoms with E-state index in [9.17, 15) is 0 Å². The summed E-state index contributed by atoms with van der Waals surface area (Å²) < 4.78 is 2.06. The Morgan fingerprint density at radius 1 is 1.64 bits per heavy atom. The lowest BCUT2D eigenvalue weighted by atomic mass is 10.4. The molecule has 0 saturated heterocycles. The van der Waals surface area contributed by atoms with Crippen molar-refractivity contribution in [2.24, 2.45) is 5.73 Å². The molecule has 0 aromatic carbocycles. The van der Waals surface area contributed by atoms with Gasteiger partial charge in [0.2, 0.25) is 0 Å². The van der Waals surface area contributed by atoms with Gasteiger partial charge in [-0.1, -0.05) is 0 Å². The number of rotatable bonds is 3. The van der Waals surface area contributed by atoms with Gasteiger partial charge in [-0.05, 0) is 6.92 Å². The van der Waals surface area contributed by atoms with E-state index in [0.29, 0.717) is 6.54 Å². The molecule has 5 heteroatoms.